The molecule has 0 unspecified atom stereocenters. The van der Waals surface area contributed by atoms with Crippen LogP contribution in [0.3, 0.4) is 0 Å². The Labute approximate surface area is 158 Å². The summed E-state index contributed by atoms with van der Waals surface area (Å²) in [4.78, 5) is 1.81. The van der Waals surface area contributed by atoms with Crippen molar-refractivity contribution in [3.05, 3.63) is 29.8 Å². The highest BCUT2D eigenvalue weighted by atomic mass is 32.2. The van der Waals surface area contributed by atoms with E-state index < -0.39 is 21.9 Å². The monoisotopic (exact) mass is 405 g/mol. The van der Waals surface area contributed by atoms with E-state index in [1.165, 1.54) is 10.4 Å². The molecule has 0 saturated carbocycles. The van der Waals surface area contributed by atoms with Crippen LogP contribution in [-0.4, -0.2) is 56.3 Å². The zero-order valence-electron chi connectivity index (χ0n) is 15.6. The van der Waals surface area contributed by atoms with Crippen molar-refractivity contribution in [3.8, 4) is 0 Å². The number of anilines is 1. The quantitative estimate of drug-likeness (QED) is 0.777. The molecule has 2 aliphatic rings. The van der Waals surface area contributed by atoms with Gasteiger partial charge in [0.25, 0.3) is 10.2 Å². The molecule has 27 heavy (non-hydrogen) atoms. The van der Waals surface area contributed by atoms with E-state index >= 15 is 0 Å². The zero-order chi connectivity index (χ0) is 19.8. The summed E-state index contributed by atoms with van der Waals surface area (Å²) >= 11 is 0. The Morgan fingerprint density at radius 1 is 0.963 bits per heavy atom. The normalized spacial score (nSPS) is 26.3. The van der Waals surface area contributed by atoms with E-state index in [1.54, 1.807) is 10.4 Å². The Balaban J connectivity index is 1.67. The lowest BCUT2D eigenvalue weighted by molar-refractivity contribution is -0.137. The minimum absolute atomic E-state index is 0.276. The Morgan fingerprint density at radius 2 is 1.56 bits per heavy atom. The molecule has 2 fully saturated rings. The van der Waals surface area contributed by atoms with Crippen LogP contribution in [0.4, 0.5) is 18.9 Å². The lowest BCUT2D eigenvalue weighted by Gasteiger charge is -2.40. The molecule has 1 aromatic carbocycles. The molecule has 5 nitrogen and oxygen atoms in total. The van der Waals surface area contributed by atoms with Gasteiger partial charge in [0.2, 0.25) is 0 Å². The maximum Gasteiger partial charge on any atom is 0.416 e. The molecule has 2 saturated heterocycles. The molecule has 0 bridgehead atoms. The fourth-order valence-electron chi connectivity index (χ4n) is 4.01. The molecule has 0 aromatic heterocycles. The summed E-state index contributed by atoms with van der Waals surface area (Å²) in [7, 11) is -3.53. The van der Waals surface area contributed by atoms with E-state index in [-0.39, 0.29) is 13.1 Å². The zero-order valence-corrected chi connectivity index (χ0v) is 16.4. The van der Waals surface area contributed by atoms with Crippen LogP contribution in [0.5, 0.6) is 0 Å². The number of nitrogens with zero attached hydrogens (tertiary/aromatic N) is 3. The molecule has 2 atom stereocenters. The molecule has 2 heterocycles. The second-order valence-electron chi connectivity index (χ2n) is 7.70. The molecular weight excluding hydrogens is 379 g/mol. The van der Waals surface area contributed by atoms with Crippen molar-refractivity contribution in [2.24, 2.45) is 11.8 Å². The number of piperidine rings is 1. The highest BCUT2D eigenvalue weighted by Crippen LogP contribution is 2.32. The largest absolute Gasteiger partial charge is 0.416 e. The summed E-state index contributed by atoms with van der Waals surface area (Å²) in [6, 6.07) is 5.19. The number of piperazine rings is 1. The maximum atomic E-state index is 12.9. The number of benzene rings is 1. The van der Waals surface area contributed by atoms with Gasteiger partial charge in [0, 0.05) is 45.0 Å². The molecular formula is C18H26F3N3O2S. The molecule has 0 N–H and O–H groups in total. The molecule has 0 radical (unpaired) electrons. The Kier molecular flexibility index (Phi) is 5.74. The first-order valence-corrected chi connectivity index (χ1v) is 10.6. The Bertz CT molecular complexity index is 751. The van der Waals surface area contributed by atoms with E-state index in [4.69, 9.17) is 0 Å². The number of hydrogen-bond acceptors (Lipinski definition) is 3. The summed E-state index contributed by atoms with van der Waals surface area (Å²) in [5.74, 6) is 0.657. The van der Waals surface area contributed by atoms with Gasteiger partial charge >= 0.3 is 6.18 Å². The van der Waals surface area contributed by atoms with Crippen LogP contribution in [-0.2, 0) is 16.4 Å². The Hall–Kier alpha value is -1.32. The van der Waals surface area contributed by atoms with Gasteiger partial charge in [-0.3, -0.25) is 0 Å². The summed E-state index contributed by atoms with van der Waals surface area (Å²) in [5, 5.41) is 0. The third-order valence-electron chi connectivity index (χ3n) is 5.27. The van der Waals surface area contributed by atoms with Crippen LogP contribution in [0.1, 0.15) is 25.8 Å². The van der Waals surface area contributed by atoms with Crippen molar-refractivity contribution in [2.75, 3.05) is 44.2 Å². The van der Waals surface area contributed by atoms with Crippen LogP contribution < -0.4 is 4.90 Å². The fraction of sp³-hybridized carbons (Fsp3) is 0.667. The van der Waals surface area contributed by atoms with Gasteiger partial charge in [-0.1, -0.05) is 19.9 Å². The lowest BCUT2D eigenvalue weighted by Crippen LogP contribution is -2.55. The molecule has 152 valence electrons. The second-order valence-corrected chi connectivity index (χ2v) is 9.63. The summed E-state index contributed by atoms with van der Waals surface area (Å²) in [6.45, 7) is 6.48. The SMILES string of the molecule is C[C@@H]1C[C@H](C)CN(S(=O)(=O)N2CCN(c3cccc(C(F)(F)F)c3)CC2)C1. The van der Waals surface area contributed by atoms with E-state index in [0.717, 1.165) is 18.6 Å². The third-order valence-corrected chi connectivity index (χ3v) is 7.23. The van der Waals surface area contributed by atoms with Crippen molar-refractivity contribution in [3.63, 3.8) is 0 Å². The van der Waals surface area contributed by atoms with Crippen molar-refractivity contribution < 1.29 is 21.6 Å². The van der Waals surface area contributed by atoms with Crippen molar-refractivity contribution in [1.82, 2.24) is 8.61 Å². The summed E-state index contributed by atoms with van der Waals surface area (Å²) in [5.41, 5.74) is -0.214. The van der Waals surface area contributed by atoms with E-state index in [0.29, 0.717) is 43.7 Å². The van der Waals surface area contributed by atoms with Crippen LogP contribution >= 0.6 is 0 Å². The lowest BCUT2D eigenvalue weighted by atomic mass is 9.94. The highest BCUT2D eigenvalue weighted by Gasteiger charge is 2.36. The van der Waals surface area contributed by atoms with Crippen LogP contribution in [0, 0.1) is 11.8 Å². The molecule has 9 heteroatoms. The standard InChI is InChI=1S/C18H26F3N3O2S/c1-14-10-15(2)13-24(12-14)27(25,26)23-8-6-22(7-9-23)17-5-3-4-16(11-17)18(19,20)21/h3-5,11,14-15H,6-10,12-13H2,1-2H3/t14-,15+. The molecule has 2 aliphatic heterocycles. The predicted octanol–water partition coefficient (Wildman–Crippen LogP) is 3.05. The topological polar surface area (TPSA) is 43.9 Å². The molecule has 0 amide bonds. The number of hydrogen-bond donors (Lipinski definition) is 0. The molecule has 0 spiro atoms. The second kappa shape index (κ2) is 7.60. The van der Waals surface area contributed by atoms with Gasteiger partial charge in [-0.25, -0.2) is 0 Å². The van der Waals surface area contributed by atoms with Gasteiger partial charge < -0.3 is 4.90 Å². The van der Waals surface area contributed by atoms with Crippen molar-refractivity contribution in [2.45, 2.75) is 26.4 Å². The minimum atomic E-state index is -4.39. The molecule has 0 aliphatic carbocycles. The first kappa shape index (κ1) is 20.4. The first-order chi connectivity index (χ1) is 12.6. The van der Waals surface area contributed by atoms with Gasteiger partial charge in [0.15, 0.2) is 0 Å². The van der Waals surface area contributed by atoms with Crippen molar-refractivity contribution in [1.29, 1.82) is 0 Å². The molecule has 1 aromatic rings. The third kappa shape index (κ3) is 4.57. The summed E-state index contributed by atoms with van der Waals surface area (Å²) in [6.07, 6.45) is -3.36. The smallest absolute Gasteiger partial charge is 0.369 e. The van der Waals surface area contributed by atoms with Crippen molar-refractivity contribution >= 4 is 15.9 Å². The maximum absolute atomic E-state index is 12.9. The number of rotatable bonds is 3. The molecule has 3 rings (SSSR count). The van der Waals surface area contributed by atoms with Gasteiger partial charge in [0.1, 0.15) is 0 Å². The average molecular weight is 405 g/mol. The predicted molar refractivity (Wildman–Crippen MR) is 98.7 cm³/mol. The fourth-order valence-corrected chi connectivity index (χ4v) is 5.85. The highest BCUT2D eigenvalue weighted by molar-refractivity contribution is 7.86. The number of alkyl halides is 3. The van der Waals surface area contributed by atoms with Gasteiger partial charge in [-0.05, 0) is 36.5 Å². The minimum Gasteiger partial charge on any atom is -0.369 e. The van der Waals surface area contributed by atoms with E-state index in [9.17, 15) is 21.6 Å². The van der Waals surface area contributed by atoms with Gasteiger partial charge in [0.05, 0.1) is 5.56 Å². The van der Waals surface area contributed by atoms with Gasteiger partial charge in [-0.2, -0.15) is 30.2 Å². The van der Waals surface area contributed by atoms with Crippen LogP contribution in [0.25, 0.3) is 0 Å². The average Bonchev–Trinajstić information content (AvgIpc) is 2.60. The first-order valence-electron chi connectivity index (χ1n) is 9.25. The van der Waals surface area contributed by atoms with Gasteiger partial charge in [-0.15, -0.1) is 0 Å². The van der Waals surface area contributed by atoms with Crippen LogP contribution in [0.15, 0.2) is 24.3 Å². The Morgan fingerprint density at radius 3 is 2.11 bits per heavy atom. The van der Waals surface area contributed by atoms with Crippen LogP contribution in [0.2, 0.25) is 0 Å². The number of halogens is 3. The van der Waals surface area contributed by atoms with E-state index in [1.807, 2.05) is 4.90 Å². The van der Waals surface area contributed by atoms with E-state index in [2.05, 4.69) is 13.8 Å². The summed E-state index contributed by atoms with van der Waals surface area (Å²) < 4.78 is 67.6.